The molecule has 3 heteroatoms. The lowest BCUT2D eigenvalue weighted by Gasteiger charge is -2.01. The molecule has 0 radical (unpaired) electrons. The van der Waals surface area contributed by atoms with Crippen LogP contribution in [0.4, 0.5) is 0 Å². The predicted molar refractivity (Wildman–Crippen MR) is 69.9 cm³/mol. The van der Waals surface area contributed by atoms with Crippen molar-refractivity contribution in [3.8, 4) is 0 Å². The molecule has 0 unspecified atom stereocenters. The lowest BCUT2D eigenvalue weighted by atomic mass is 10.1. The van der Waals surface area contributed by atoms with Crippen molar-refractivity contribution in [3.05, 3.63) is 47.0 Å². The van der Waals surface area contributed by atoms with Crippen molar-refractivity contribution in [3.63, 3.8) is 0 Å². The van der Waals surface area contributed by atoms with Gasteiger partial charge in [0.25, 0.3) is 0 Å². The quantitative estimate of drug-likeness (QED) is 0.438. The van der Waals surface area contributed by atoms with E-state index in [1.54, 1.807) is 0 Å². The van der Waals surface area contributed by atoms with Gasteiger partial charge >= 0.3 is 5.97 Å². The van der Waals surface area contributed by atoms with E-state index >= 15 is 0 Å². The molecule has 0 atom stereocenters. The second-order valence-electron chi connectivity index (χ2n) is 3.81. The van der Waals surface area contributed by atoms with Gasteiger partial charge in [0, 0.05) is 11.1 Å². The van der Waals surface area contributed by atoms with Crippen molar-refractivity contribution in [1.82, 2.24) is 0 Å². The number of carbonyl (C=O) groups is 1. The fraction of sp³-hybridized carbons (Fsp3) is 0.357. The zero-order chi connectivity index (χ0) is 12.5. The van der Waals surface area contributed by atoms with Crippen LogP contribution in [0.1, 0.15) is 24.8 Å². The Balaban J connectivity index is 2.20. The fourth-order valence-corrected chi connectivity index (χ4v) is 1.75. The Morgan fingerprint density at radius 3 is 2.65 bits per heavy atom. The lowest BCUT2D eigenvalue weighted by molar-refractivity contribution is -0.134. The first kappa shape index (κ1) is 13.8. The standard InChI is InChI=1S/C14H17ClO2/c1-17-14(16)11-13(15)10-6-5-9-12-7-3-2-4-8-12/h2-4,7-8,11H,5-6,9-10H2,1H3. The van der Waals surface area contributed by atoms with Crippen LogP contribution in [-0.2, 0) is 16.0 Å². The van der Waals surface area contributed by atoms with Crippen LogP contribution in [0.3, 0.4) is 0 Å². The minimum absolute atomic E-state index is 0.391. The normalized spacial score (nSPS) is 11.3. The summed E-state index contributed by atoms with van der Waals surface area (Å²) in [7, 11) is 1.35. The molecule has 92 valence electrons. The van der Waals surface area contributed by atoms with Gasteiger partial charge in [-0.3, -0.25) is 0 Å². The van der Waals surface area contributed by atoms with Gasteiger partial charge in [0.1, 0.15) is 0 Å². The number of methoxy groups -OCH3 is 1. The van der Waals surface area contributed by atoms with Gasteiger partial charge in [0.15, 0.2) is 0 Å². The molecule has 0 heterocycles. The van der Waals surface area contributed by atoms with Gasteiger partial charge in [-0.1, -0.05) is 41.9 Å². The molecule has 0 N–H and O–H groups in total. The van der Waals surface area contributed by atoms with Crippen molar-refractivity contribution in [2.75, 3.05) is 7.11 Å². The number of aryl methyl sites for hydroxylation is 1. The van der Waals surface area contributed by atoms with Crippen LogP contribution in [0.25, 0.3) is 0 Å². The summed E-state index contributed by atoms with van der Waals surface area (Å²) >= 11 is 5.90. The number of carbonyl (C=O) groups excluding carboxylic acids is 1. The van der Waals surface area contributed by atoms with Gasteiger partial charge in [0.05, 0.1) is 7.11 Å². The number of hydrogen-bond donors (Lipinski definition) is 0. The zero-order valence-electron chi connectivity index (χ0n) is 9.99. The molecule has 2 nitrogen and oxygen atoms in total. The number of hydrogen-bond acceptors (Lipinski definition) is 2. The van der Waals surface area contributed by atoms with Crippen LogP contribution < -0.4 is 0 Å². The Kier molecular flexibility index (Phi) is 6.41. The molecule has 1 aromatic rings. The van der Waals surface area contributed by atoms with E-state index in [0.29, 0.717) is 5.03 Å². The summed E-state index contributed by atoms with van der Waals surface area (Å²) in [5.41, 5.74) is 1.33. The topological polar surface area (TPSA) is 26.3 Å². The first-order valence-corrected chi connectivity index (χ1v) is 6.08. The van der Waals surface area contributed by atoms with E-state index in [4.69, 9.17) is 11.6 Å². The average molecular weight is 253 g/mol. The maximum Gasteiger partial charge on any atom is 0.331 e. The summed E-state index contributed by atoms with van der Waals surface area (Å²) in [4.78, 5) is 10.9. The molecule has 0 fully saturated rings. The number of esters is 1. The number of rotatable bonds is 6. The van der Waals surface area contributed by atoms with Gasteiger partial charge in [-0.15, -0.1) is 0 Å². The third kappa shape index (κ3) is 6.12. The second kappa shape index (κ2) is 7.91. The molecule has 1 rings (SSSR count). The third-order valence-corrected chi connectivity index (χ3v) is 2.75. The largest absolute Gasteiger partial charge is 0.466 e. The lowest BCUT2D eigenvalue weighted by Crippen LogP contribution is -1.95. The summed E-state index contributed by atoms with van der Waals surface area (Å²) in [5.74, 6) is -0.391. The van der Waals surface area contributed by atoms with Crippen molar-refractivity contribution in [1.29, 1.82) is 0 Å². The summed E-state index contributed by atoms with van der Waals surface area (Å²) in [5, 5.41) is 0.560. The van der Waals surface area contributed by atoms with E-state index in [1.807, 2.05) is 18.2 Å². The maximum atomic E-state index is 10.9. The summed E-state index contributed by atoms with van der Waals surface area (Å²) in [6.07, 6.45) is 5.15. The minimum Gasteiger partial charge on any atom is -0.466 e. The van der Waals surface area contributed by atoms with Crippen LogP contribution in [0.15, 0.2) is 41.4 Å². The summed E-state index contributed by atoms with van der Waals surface area (Å²) < 4.78 is 4.50. The van der Waals surface area contributed by atoms with E-state index in [-0.39, 0.29) is 0 Å². The van der Waals surface area contributed by atoms with E-state index < -0.39 is 5.97 Å². The molecule has 0 aromatic heterocycles. The van der Waals surface area contributed by atoms with E-state index in [2.05, 4.69) is 16.9 Å². The molecular weight excluding hydrogens is 236 g/mol. The van der Waals surface area contributed by atoms with Gasteiger partial charge in [-0.2, -0.15) is 0 Å². The van der Waals surface area contributed by atoms with Crippen molar-refractivity contribution in [2.45, 2.75) is 25.7 Å². The molecule has 17 heavy (non-hydrogen) atoms. The zero-order valence-corrected chi connectivity index (χ0v) is 10.7. The smallest absolute Gasteiger partial charge is 0.331 e. The average Bonchev–Trinajstić information content (AvgIpc) is 2.36. The number of benzene rings is 1. The summed E-state index contributed by atoms with van der Waals surface area (Å²) in [6.45, 7) is 0. The minimum atomic E-state index is -0.391. The van der Waals surface area contributed by atoms with Crippen LogP contribution in [0.5, 0.6) is 0 Å². The molecule has 0 spiro atoms. The van der Waals surface area contributed by atoms with Crippen molar-refractivity contribution >= 4 is 17.6 Å². The van der Waals surface area contributed by atoms with Crippen molar-refractivity contribution < 1.29 is 9.53 Å². The van der Waals surface area contributed by atoms with Crippen LogP contribution >= 0.6 is 11.6 Å². The second-order valence-corrected chi connectivity index (χ2v) is 4.29. The number of halogens is 1. The molecule has 0 aliphatic heterocycles. The molecule has 1 aromatic carbocycles. The molecule has 0 aliphatic rings. The van der Waals surface area contributed by atoms with Crippen LogP contribution in [0, 0.1) is 0 Å². The first-order chi connectivity index (χ1) is 8.22. The molecule has 0 saturated heterocycles. The molecular formula is C14H17ClO2. The maximum absolute atomic E-state index is 10.9. The van der Waals surface area contributed by atoms with Crippen molar-refractivity contribution in [2.24, 2.45) is 0 Å². The Bertz CT molecular complexity index is 371. The predicted octanol–water partition coefficient (Wildman–Crippen LogP) is 3.70. The van der Waals surface area contributed by atoms with Gasteiger partial charge in [0.2, 0.25) is 0 Å². The highest BCUT2D eigenvalue weighted by atomic mass is 35.5. The van der Waals surface area contributed by atoms with Crippen LogP contribution in [0.2, 0.25) is 0 Å². The molecule has 0 saturated carbocycles. The number of allylic oxidation sites excluding steroid dienone is 1. The fourth-order valence-electron chi connectivity index (χ4n) is 1.53. The highest BCUT2D eigenvalue weighted by molar-refractivity contribution is 6.30. The third-order valence-electron chi connectivity index (χ3n) is 2.45. The van der Waals surface area contributed by atoms with E-state index in [0.717, 1.165) is 25.7 Å². The molecule has 0 aliphatic carbocycles. The van der Waals surface area contributed by atoms with Gasteiger partial charge in [-0.25, -0.2) is 4.79 Å². The Morgan fingerprint density at radius 1 is 1.29 bits per heavy atom. The van der Waals surface area contributed by atoms with Gasteiger partial charge in [-0.05, 0) is 31.2 Å². The Morgan fingerprint density at radius 2 is 2.00 bits per heavy atom. The summed E-state index contributed by atoms with van der Waals surface area (Å²) in [6, 6.07) is 10.3. The number of unbranched alkanes of at least 4 members (excludes halogenated alkanes) is 1. The molecule has 0 bridgehead atoms. The van der Waals surface area contributed by atoms with Crippen LogP contribution in [-0.4, -0.2) is 13.1 Å². The Hall–Kier alpha value is -1.28. The Labute approximate surface area is 107 Å². The monoisotopic (exact) mass is 252 g/mol. The SMILES string of the molecule is COC(=O)C=C(Cl)CCCCc1ccccc1. The van der Waals surface area contributed by atoms with Gasteiger partial charge < -0.3 is 4.74 Å². The highest BCUT2D eigenvalue weighted by Gasteiger charge is 1.99. The highest BCUT2D eigenvalue weighted by Crippen LogP contribution is 2.14. The van der Waals surface area contributed by atoms with E-state index in [1.165, 1.54) is 18.7 Å². The molecule has 0 amide bonds. The number of ether oxygens (including phenoxy) is 1. The van der Waals surface area contributed by atoms with E-state index in [9.17, 15) is 4.79 Å². The first-order valence-electron chi connectivity index (χ1n) is 5.70.